The van der Waals surface area contributed by atoms with Gasteiger partial charge in [0.25, 0.3) is 11.5 Å². The number of carbonyl (C=O) groups excluding carboxylic acids is 1. The summed E-state index contributed by atoms with van der Waals surface area (Å²) in [5.41, 5.74) is -4.87. The Bertz CT molecular complexity index is 773. The molecular formula is C13H7F6N3O2. The molecule has 0 spiro atoms. The average molecular weight is 351 g/mol. The molecule has 0 aliphatic heterocycles. The minimum Gasteiger partial charge on any atom is -0.325 e. The van der Waals surface area contributed by atoms with Gasteiger partial charge in [-0.3, -0.25) is 9.59 Å². The molecule has 0 saturated carbocycles. The monoisotopic (exact) mass is 351 g/mol. The fourth-order valence-corrected chi connectivity index (χ4v) is 1.69. The summed E-state index contributed by atoms with van der Waals surface area (Å²) in [7, 11) is 0. The molecule has 1 aromatic carbocycles. The molecule has 0 unspecified atom stereocenters. The van der Waals surface area contributed by atoms with Crippen LogP contribution in [0.15, 0.2) is 35.4 Å². The van der Waals surface area contributed by atoms with Crippen molar-refractivity contribution in [2.45, 2.75) is 12.4 Å². The highest BCUT2D eigenvalue weighted by Gasteiger charge is 2.37. The number of amides is 1. The molecule has 2 aromatic rings. The number of aromatic nitrogens is 2. The van der Waals surface area contributed by atoms with Crippen molar-refractivity contribution in [3.63, 3.8) is 0 Å². The summed E-state index contributed by atoms with van der Waals surface area (Å²) in [6.07, 6.45) is -8.45. The highest BCUT2D eigenvalue weighted by atomic mass is 19.4. The van der Waals surface area contributed by atoms with E-state index in [1.165, 1.54) is 0 Å². The number of nitrogens with one attached hydrogen (secondary N) is 2. The minimum atomic E-state index is -5.03. The average Bonchev–Trinajstić information content (AvgIpc) is 2.45. The first-order valence-electron chi connectivity index (χ1n) is 6.12. The van der Waals surface area contributed by atoms with Gasteiger partial charge in [-0.05, 0) is 18.2 Å². The van der Waals surface area contributed by atoms with Crippen LogP contribution in [0.5, 0.6) is 0 Å². The predicted octanol–water partition coefficient (Wildman–Crippen LogP) is 3.06. The van der Waals surface area contributed by atoms with E-state index in [2.05, 4.69) is 9.97 Å². The topological polar surface area (TPSA) is 74.8 Å². The maximum atomic E-state index is 12.7. The summed E-state index contributed by atoms with van der Waals surface area (Å²) in [6.45, 7) is 0. The van der Waals surface area contributed by atoms with Crippen LogP contribution in [-0.4, -0.2) is 15.9 Å². The fourth-order valence-electron chi connectivity index (χ4n) is 1.69. The zero-order valence-electron chi connectivity index (χ0n) is 11.4. The number of anilines is 1. The summed E-state index contributed by atoms with van der Waals surface area (Å²) < 4.78 is 76.3. The maximum Gasteiger partial charge on any atom is 0.416 e. The molecule has 2 rings (SSSR count). The number of halogens is 6. The summed E-state index contributed by atoms with van der Waals surface area (Å²) >= 11 is 0. The summed E-state index contributed by atoms with van der Waals surface area (Å²) in [5, 5.41) is 1.88. The number of benzene rings is 1. The van der Waals surface area contributed by atoms with Gasteiger partial charge in [-0.25, -0.2) is 4.98 Å². The molecule has 0 saturated heterocycles. The van der Waals surface area contributed by atoms with Gasteiger partial charge < -0.3 is 10.3 Å². The molecule has 0 aliphatic carbocycles. The molecular weight excluding hydrogens is 344 g/mol. The first-order valence-corrected chi connectivity index (χ1v) is 6.12. The fraction of sp³-hybridized carbons (Fsp3) is 0.154. The van der Waals surface area contributed by atoms with E-state index in [0.717, 1.165) is 12.4 Å². The second-order valence-corrected chi connectivity index (χ2v) is 4.55. The normalized spacial score (nSPS) is 12.1. The third-order valence-electron chi connectivity index (χ3n) is 2.75. The number of aromatic amines is 1. The molecule has 128 valence electrons. The van der Waals surface area contributed by atoms with Gasteiger partial charge in [-0.15, -0.1) is 0 Å². The second-order valence-electron chi connectivity index (χ2n) is 4.55. The third kappa shape index (κ3) is 4.12. The first kappa shape index (κ1) is 17.5. The van der Waals surface area contributed by atoms with Gasteiger partial charge in [-0.2, -0.15) is 26.3 Å². The number of H-pyrrole nitrogens is 1. The smallest absolute Gasteiger partial charge is 0.325 e. The Balaban J connectivity index is 2.40. The van der Waals surface area contributed by atoms with Crippen molar-refractivity contribution in [1.29, 1.82) is 0 Å². The van der Waals surface area contributed by atoms with Crippen molar-refractivity contribution in [2.75, 3.05) is 5.32 Å². The van der Waals surface area contributed by atoms with Crippen LogP contribution in [0.2, 0.25) is 0 Å². The number of nitrogens with zero attached hydrogens (tertiary/aromatic N) is 1. The highest BCUT2D eigenvalue weighted by Crippen LogP contribution is 2.37. The van der Waals surface area contributed by atoms with Gasteiger partial charge >= 0.3 is 12.4 Å². The zero-order valence-corrected chi connectivity index (χ0v) is 11.4. The standard InChI is InChI=1S/C13H7F6N3O2/c14-12(15,16)6-1-7(13(17,18)19)3-8(2-6)22-11(24)9-4-21-10(23)5-20-9/h1-5H,(H,21,23)(H,22,24). The van der Waals surface area contributed by atoms with E-state index in [1.807, 2.05) is 5.32 Å². The maximum absolute atomic E-state index is 12.7. The van der Waals surface area contributed by atoms with Crippen molar-refractivity contribution < 1.29 is 31.1 Å². The molecule has 1 amide bonds. The molecule has 0 bridgehead atoms. The number of carbonyl (C=O) groups is 1. The number of hydrogen-bond donors (Lipinski definition) is 2. The Morgan fingerprint density at radius 3 is 1.96 bits per heavy atom. The molecule has 5 nitrogen and oxygen atoms in total. The van der Waals surface area contributed by atoms with E-state index in [0.29, 0.717) is 12.1 Å². The Hall–Kier alpha value is -2.85. The van der Waals surface area contributed by atoms with Crippen molar-refractivity contribution in [3.05, 3.63) is 57.8 Å². The molecule has 0 aliphatic rings. The van der Waals surface area contributed by atoms with E-state index in [4.69, 9.17) is 0 Å². The lowest BCUT2D eigenvalue weighted by molar-refractivity contribution is -0.143. The van der Waals surface area contributed by atoms with Crippen LogP contribution in [0.1, 0.15) is 21.6 Å². The van der Waals surface area contributed by atoms with Gasteiger partial charge in [0.1, 0.15) is 5.69 Å². The molecule has 11 heteroatoms. The molecule has 0 radical (unpaired) electrons. The Labute approximate surface area is 129 Å². The summed E-state index contributed by atoms with van der Waals surface area (Å²) in [6, 6.07) is 0.658. The van der Waals surface area contributed by atoms with Crippen LogP contribution < -0.4 is 10.9 Å². The molecule has 1 aromatic heterocycles. The summed E-state index contributed by atoms with van der Waals surface area (Å²) in [4.78, 5) is 28.1. The quantitative estimate of drug-likeness (QED) is 0.817. The van der Waals surface area contributed by atoms with Crippen LogP contribution in [0.4, 0.5) is 32.0 Å². The number of rotatable bonds is 2. The lowest BCUT2D eigenvalue weighted by Crippen LogP contribution is -2.18. The Kier molecular flexibility index (Phi) is 4.36. The van der Waals surface area contributed by atoms with Gasteiger partial charge in [0.05, 0.1) is 17.3 Å². The van der Waals surface area contributed by atoms with Gasteiger partial charge in [-0.1, -0.05) is 0 Å². The van der Waals surface area contributed by atoms with Crippen molar-refractivity contribution >= 4 is 11.6 Å². The lowest BCUT2D eigenvalue weighted by atomic mass is 10.1. The second kappa shape index (κ2) is 5.98. The van der Waals surface area contributed by atoms with E-state index in [1.54, 1.807) is 0 Å². The molecule has 1 heterocycles. The van der Waals surface area contributed by atoms with Gasteiger partial charge in [0.2, 0.25) is 0 Å². The highest BCUT2D eigenvalue weighted by molar-refractivity contribution is 6.02. The van der Waals surface area contributed by atoms with Crippen molar-refractivity contribution in [3.8, 4) is 0 Å². The van der Waals surface area contributed by atoms with Crippen LogP contribution in [0, 0.1) is 0 Å². The third-order valence-corrected chi connectivity index (χ3v) is 2.75. The van der Waals surface area contributed by atoms with E-state index >= 15 is 0 Å². The van der Waals surface area contributed by atoms with E-state index in [9.17, 15) is 35.9 Å². The predicted molar refractivity (Wildman–Crippen MR) is 69.3 cm³/mol. The van der Waals surface area contributed by atoms with Crippen molar-refractivity contribution in [2.24, 2.45) is 0 Å². The molecule has 0 atom stereocenters. The van der Waals surface area contributed by atoms with Crippen LogP contribution in [0.25, 0.3) is 0 Å². The zero-order chi connectivity index (χ0) is 18.1. The molecule has 24 heavy (non-hydrogen) atoms. The minimum absolute atomic E-state index is 0.0616. The van der Waals surface area contributed by atoms with Crippen LogP contribution >= 0.6 is 0 Å². The Morgan fingerprint density at radius 1 is 1.00 bits per heavy atom. The van der Waals surface area contributed by atoms with E-state index < -0.39 is 40.6 Å². The summed E-state index contributed by atoms with van der Waals surface area (Å²) in [5.74, 6) is -1.08. The molecule has 0 fully saturated rings. The Morgan fingerprint density at radius 2 is 1.54 bits per heavy atom. The molecule has 2 N–H and O–H groups in total. The number of alkyl halides is 6. The van der Waals surface area contributed by atoms with Gasteiger partial charge in [0, 0.05) is 11.9 Å². The van der Waals surface area contributed by atoms with E-state index in [-0.39, 0.29) is 11.8 Å². The number of hydrogen-bond acceptors (Lipinski definition) is 3. The SMILES string of the molecule is O=C(Nc1cc(C(F)(F)F)cc(C(F)(F)F)c1)c1c[nH]c(=O)cn1. The largest absolute Gasteiger partial charge is 0.416 e. The van der Waals surface area contributed by atoms with Crippen LogP contribution in [0.3, 0.4) is 0 Å². The van der Waals surface area contributed by atoms with Crippen molar-refractivity contribution in [1.82, 2.24) is 9.97 Å². The van der Waals surface area contributed by atoms with Gasteiger partial charge in [0.15, 0.2) is 0 Å². The first-order chi connectivity index (χ1) is 11.0. The lowest BCUT2D eigenvalue weighted by Gasteiger charge is -2.14. The van der Waals surface area contributed by atoms with Crippen LogP contribution in [-0.2, 0) is 12.4 Å².